The second-order valence-electron chi connectivity index (χ2n) is 5.87. The summed E-state index contributed by atoms with van der Waals surface area (Å²) in [5.74, 6) is 0.0333. The van der Waals surface area contributed by atoms with Crippen molar-refractivity contribution in [3.8, 4) is 0 Å². The first kappa shape index (κ1) is 15.9. The van der Waals surface area contributed by atoms with E-state index >= 15 is 0 Å². The first-order chi connectivity index (χ1) is 11.0. The largest absolute Gasteiger partial charge is 0.346 e. The Kier molecular flexibility index (Phi) is 4.30. The number of fused-ring (bicyclic) bond motifs is 1. The molecular weight excluding hydrogens is 360 g/mol. The van der Waals surface area contributed by atoms with Crippen LogP contribution in [0.15, 0.2) is 29.0 Å². The molecule has 3 heterocycles. The van der Waals surface area contributed by atoms with Gasteiger partial charge in [-0.05, 0) is 34.0 Å². The predicted octanol–water partition coefficient (Wildman–Crippen LogP) is 1.99. The summed E-state index contributed by atoms with van der Waals surface area (Å²) >= 11 is 3.40. The van der Waals surface area contributed by atoms with Crippen molar-refractivity contribution >= 4 is 38.6 Å². The molecule has 0 unspecified atom stereocenters. The molecule has 0 saturated carbocycles. The summed E-state index contributed by atoms with van der Waals surface area (Å²) in [5.41, 5.74) is 1.07. The molecule has 2 aromatic rings. The molecular formula is C16H17BrN4O2. The summed E-state index contributed by atoms with van der Waals surface area (Å²) in [6.45, 7) is 4.80. The fraction of sp³-hybridized carbons (Fsp3) is 0.375. The molecule has 1 N–H and O–H groups in total. The van der Waals surface area contributed by atoms with E-state index in [-0.39, 0.29) is 23.8 Å². The van der Waals surface area contributed by atoms with Crippen molar-refractivity contribution in [1.82, 2.24) is 20.2 Å². The van der Waals surface area contributed by atoms with Gasteiger partial charge in [0.15, 0.2) is 0 Å². The van der Waals surface area contributed by atoms with Crippen molar-refractivity contribution in [2.75, 3.05) is 13.1 Å². The number of hydrogen-bond acceptors (Lipinski definition) is 4. The third-order valence-electron chi connectivity index (χ3n) is 4.16. The van der Waals surface area contributed by atoms with Gasteiger partial charge < -0.3 is 10.2 Å². The standard InChI is InChI=1S/C16H17BrN4O2/c1-9-7-21(10(2)22)8-14(9)20-16(23)13-4-3-11-5-18-6-12(17)15(11)19-13/h3-6,9,14H,7-8H2,1-2H3,(H,20,23)/t9-,14+/m1/s1. The fourth-order valence-electron chi connectivity index (χ4n) is 2.79. The SMILES string of the molecule is CC(=O)N1C[C@@H](C)[C@@H](NC(=O)c2ccc3cncc(Br)c3n2)C1. The van der Waals surface area contributed by atoms with Crippen molar-refractivity contribution in [3.05, 3.63) is 34.7 Å². The van der Waals surface area contributed by atoms with Gasteiger partial charge in [-0.3, -0.25) is 14.6 Å². The van der Waals surface area contributed by atoms with Crippen LogP contribution in [0.3, 0.4) is 0 Å². The van der Waals surface area contributed by atoms with Crippen LogP contribution >= 0.6 is 15.9 Å². The maximum atomic E-state index is 12.5. The highest BCUT2D eigenvalue weighted by molar-refractivity contribution is 9.10. The molecule has 0 spiro atoms. The number of amides is 2. The molecule has 6 nitrogen and oxygen atoms in total. The van der Waals surface area contributed by atoms with Gasteiger partial charge in [-0.15, -0.1) is 0 Å². The zero-order valence-corrected chi connectivity index (χ0v) is 14.5. The molecule has 2 aromatic heterocycles. The van der Waals surface area contributed by atoms with Crippen molar-refractivity contribution in [2.45, 2.75) is 19.9 Å². The Morgan fingerprint density at radius 2 is 2.09 bits per heavy atom. The number of aromatic nitrogens is 2. The van der Waals surface area contributed by atoms with Crippen LogP contribution < -0.4 is 5.32 Å². The Hall–Kier alpha value is -2.02. The van der Waals surface area contributed by atoms with E-state index in [0.29, 0.717) is 24.3 Å². The Morgan fingerprint density at radius 3 is 2.78 bits per heavy atom. The van der Waals surface area contributed by atoms with Crippen LogP contribution in [0.4, 0.5) is 0 Å². The zero-order valence-electron chi connectivity index (χ0n) is 12.9. The number of nitrogens with one attached hydrogen (secondary N) is 1. The van der Waals surface area contributed by atoms with Crippen LogP contribution in [0.2, 0.25) is 0 Å². The first-order valence-electron chi connectivity index (χ1n) is 7.42. The quantitative estimate of drug-likeness (QED) is 0.869. The van der Waals surface area contributed by atoms with E-state index in [1.165, 1.54) is 0 Å². The lowest BCUT2D eigenvalue weighted by Crippen LogP contribution is -2.40. The van der Waals surface area contributed by atoms with Crippen LogP contribution in [0.5, 0.6) is 0 Å². The zero-order chi connectivity index (χ0) is 16.6. The van der Waals surface area contributed by atoms with Crippen molar-refractivity contribution in [1.29, 1.82) is 0 Å². The number of halogens is 1. The molecule has 7 heteroatoms. The minimum Gasteiger partial charge on any atom is -0.346 e. The lowest BCUT2D eigenvalue weighted by Gasteiger charge is -2.16. The first-order valence-corrected chi connectivity index (χ1v) is 8.21. The van der Waals surface area contributed by atoms with Gasteiger partial charge in [0.05, 0.1) is 16.0 Å². The minimum atomic E-state index is -0.224. The van der Waals surface area contributed by atoms with Gasteiger partial charge in [0, 0.05) is 37.8 Å². The van der Waals surface area contributed by atoms with E-state index < -0.39 is 0 Å². The Morgan fingerprint density at radius 1 is 1.30 bits per heavy atom. The van der Waals surface area contributed by atoms with Gasteiger partial charge in [-0.1, -0.05) is 6.92 Å². The average molecular weight is 377 g/mol. The van der Waals surface area contributed by atoms with Crippen LogP contribution in [-0.4, -0.2) is 45.8 Å². The molecule has 0 radical (unpaired) electrons. The van der Waals surface area contributed by atoms with E-state index in [9.17, 15) is 9.59 Å². The Balaban J connectivity index is 1.78. The molecule has 2 amide bonds. The van der Waals surface area contributed by atoms with E-state index in [2.05, 4.69) is 31.2 Å². The van der Waals surface area contributed by atoms with Crippen LogP contribution in [0.25, 0.3) is 10.9 Å². The maximum absolute atomic E-state index is 12.5. The Bertz CT molecular complexity index is 780. The second-order valence-corrected chi connectivity index (χ2v) is 6.73. The van der Waals surface area contributed by atoms with Crippen LogP contribution in [-0.2, 0) is 4.79 Å². The molecule has 0 aliphatic carbocycles. The van der Waals surface area contributed by atoms with Gasteiger partial charge >= 0.3 is 0 Å². The van der Waals surface area contributed by atoms with E-state index in [4.69, 9.17) is 0 Å². The monoisotopic (exact) mass is 376 g/mol. The summed E-state index contributed by atoms with van der Waals surface area (Å²) in [7, 11) is 0. The topological polar surface area (TPSA) is 75.2 Å². The van der Waals surface area contributed by atoms with Crippen LogP contribution in [0.1, 0.15) is 24.3 Å². The van der Waals surface area contributed by atoms with Gasteiger partial charge in [0.2, 0.25) is 5.91 Å². The minimum absolute atomic E-state index is 0.0360. The smallest absolute Gasteiger partial charge is 0.270 e. The molecule has 0 bridgehead atoms. The predicted molar refractivity (Wildman–Crippen MR) is 89.9 cm³/mol. The van der Waals surface area contributed by atoms with Crippen molar-refractivity contribution < 1.29 is 9.59 Å². The number of carbonyl (C=O) groups is 2. The lowest BCUT2D eigenvalue weighted by molar-refractivity contribution is -0.127. The van der Waals surface area contributed by atoms with Crippen LogP contribution in [0, 0.1) is 5.92 Å². The number of pyridine rings is 2. The van der Waals surface area contributed by atoms with Crippen molar-refractivity contribution in [2.24, 2.45) is 5.92 Å². The molecule has 0 aromatic carbocycles. The molecule has 1 saturated heterocycles. The summed E-state index contributed by atoms with van der Waals surface area (Å²) in [5, 5.41) is 3.86. The molecule has 1 fully saturated rings. The Labute approximate surface area is 142 Å². The third kappa shape index (κ3) is 3.19. The third-order valence-corrected chi connectivity index (χ3v) is 4.74. The van der Waals surface area contributed by atoms with E-state index in [1.807, 2.05) is 13.0 Å². The maximum Gasteiger partial charge on any atom is 0.270 e. The highest BCUT2D eigenvalue weighted by Crippen LogP contribution is 2.21. The molecule has 23 heavy (non-hydrogen) atoms. The summed E-state index contributed by atoms with van der Waals surface area (Å²) in [6.07, 6.45) is 3.36. The normalized spacial score (nSPS) is 20.7. The van der Waals surface area contributed by atoms with Gasteiger partial charge in [-0.2, -0.15) is 0 Å². The number of likely N-dealkylation sites (tertiary alicyclic amines) is 1. The number of carbonyl (C=O) groups excluding carboxylic acids is 2. The molecule has 1 aliphatic heterocycles. The van der Waals surface area contributed by atoms with Gasteiger partial charge in [0.1, 0.15) is 5.69 Å². The average Bonchev–Trinajstić information content (AvgIpc) is 2.89. The molecule has 3 rings (SSSR count). The second kappa shape index (κ2) is 6.23. The fourth-order valence-corrected chi connectivity index (χ4v) is 3.23. The molecule has 1 aliphatic rings. The van der Waals surface area contributed by atoms with Gasteiger partial charge in [-0.25, -0.2) is 4.98 Å². The molecule has 120 valence electrons. The molecule has 2 atom stereocenters. The highest BCUT2D eigenvalue weighted by atomic mass is 79.9. The number of hydrogen-bond donors (Lipinski definition) is 1. The van der Waals surface area contributed by atoms with Crippen molar-refractivity contribution in [3.63, 3.8) is 0 Å². The summed E-state index contributed by atoms with van der Waals surface area (Å²) in [4.78, 5) is 34.2. The number of rotatable bonds is 2. The number of nitrogens with zero attached hydrogens (tertiary/aromatic N) is 3. The van der Waals surface area contributed by atoms with Gasteiger partial charge in [0.25, 0.3) is 5.91 Å². The summed E-state index contributed by atoms with van der Waals surface area (Å²) in [6, 6.07) is 3.47. The van der Waals surface area contributed by atoms with E-state index in [0.717, 1.165) is 9.86 Å². The van der Waals surface area contributed by atoms with E-state index in [1.54, 1.807) is 30.3 Å². The highest BCUT2D eigenvalue weighted by Gasteiger charge is 2.32. The summed E-state index contributed by atoms with van der Waals surface area (Å²) < 4.78 is 0.752. The lowest BCUT2D eigenvalue weighted by atomic mass is 10.1.